The van der Waals surface area contributed by atoms with Crippen LogP contribution >= 0.6 is 0 Å². The van der Waals surface area contributed by atoms with Crippen molar-refractivity contribution in [3.8, 4) is 11.5 Å². The van der Waals surface area contributed by atoms with Crippen LogP contribution in [0.3, 0.4) is 0 Å². The number of hydrogen-bond acceptors (Lipinski definition) is 8. The number of ether oxygens (including phenoxy) is 1. The standard InChI is InChI=1S/C31H29N3O7/c1-3-16-5-11-21-20(13-16)31(30(40)32-21)26-25(22(33-31)14-17-6-12-23(35)24(36)15-17)27(37)34(28(26)38)19-9-7-18(8-10-19)29(39)41-4-2/h5-13,15,22,25-26,33,35-36H,3-4,14H2,1-2H3,(H,32,40)/t22-,25+,26-,31+/m0/s1. The van der Waals surface area contributed by atoms with Crippen molar-refractivity contribution in [3.63, 3.8) is 0 Å². The lowest BCUT2D eigenvalue weighted by atomic mass is 9.76. The number of amides is 3. The van der Waals surface area contributed by atoms with Gasteiger partial charge in [-0.2, -0.15) is 0 Å². The van der Waals surface area contributed by atoms with Gasteiger partial charge in [-0.05, 0) is 73.4 Å². The zero-order chi connectivity index (χ0) is 29.1. The maximum atomic E-state index is 14.2. The highest BCUT2D eigenvalue weighted by atomic mass is 16.5. The monoisotopic (exact) mass is 555 g/mol. The highest BCUT2D eigenvalue weighted by Crippen LogP contribution is 2.54. The number of aryl methyl sites for hydroxylation is 1. The largest absolute Gasteiger partial charge is 0.504 e. The third-order valence-electron chi connectivity index (χ3n) is 8.32. The number of anilines is 2. The summed E-state index contributed by atoms with van der Waals surface area (Å²) < 4.78 is 5.04. The summed E-state index contributed by atoms with van der Waals surface area (Å²) in [5.74, 6) is -4.42. The van der Waals surface area contributed by atoms with Crippen LogP contribution in [0, 0.1) is 11.8 Å². The van der Waals surface area contributed by atoms with Gasteiger partial charge in [0.1, 0.15) is 5.54 Å². The van der Waals surface area contributed by atoms with Crippen molar-refractivity contribution in [1.29, 1.82) is 0 Å². The maximum Gasteiger partial charge on any atom is 0.338 e. The van der Waals surface area contributed by atoms with Gasteiger partial charge in [0.15, 0.2) is 11.5 Å². The van der Waals surface area contributed by atoms with E-state index in [1.807, 2.05) is 25.1 Å². The van der Waals surface area contributed by atoms with Gasteiger partial charge < -0.3 is 20.3 Å². The molecule has 0 aliphatic carbocycles. The number of rotatable bonds is 6. The lowest BCUT2D eigenvalue weighted by Crippen LogP contribution is -2.53. The minimum Gasteiger partial charge on any atom is -0.504 e. The number of imide groups is 1. The van der Waals surface area contributed by atoms with Crippen LogP contribution < -0.4 is 15.5 Å². The number of fused-ring (bicyclic) bond motifs is 4. The second kappa shape index (κ2) is 9.74. The Morgan fingerprint density at radius 3 is 2.34 bits per heavy atom. The molecule has 10 nitrogen and oxygen atoms in total. The average molecular weight is 556 g/mol. The number of phenolic OH excluding ortho intramolecular Hbond substituents is 2. The molecule has 0 bridgehead atoms. The first-order valence-corrected chi connectivity index (χ1v) is 13.6. The number of hydrogen-bond donors (Lipinski definition) is 4. The summed E-state index contributed by atoms with van der Waals surface area (Å²) in [6.45, 7) is 3.91. The molecule has 0 aromatic heterocycles. The van der Waals surface area contributed by atoms with Gasteiger partial charge in [-0.1, -0.05) is 25.1 Å². The van der Waals surface area contributed by atoms with Crippen LogP contribution in [-0.2, 0) is 37.5 Å². The Labute approximate surface area is 235 Å². The SMILES string of the molecule is CCOC(=O)c1ccc(N2C(=O)[C@@H]3[C@H](Cc4ccc(O)c(O)c4)N[C@@]4(C(=O)Nc5ccc(CC)cc54)[C@@H]3C2=O)cc1. The third-order valence-corrected chi connectivity index (χ3v) is 8.32. The quantitative estimate of drug-likeness (QED) is 0.206. The number of esters is 1. The molecule has 4 atom stereocenters. The molecule has 2 saturated heterocycles. The van der Waals surface area contributed by atoms with E-state index in [0.29, 0.717) is 28.9 Å². The molecule has 10 heteroatoms. The smallest absolute Gasteiger partial charge is 0.338 e. The Balaban J connectivity index is 1.44. The molecule has 3 amide bonds. The Morgan fingerprint density at radius 2 is 1.66 bits per heavy atom. The molecule has 41 heavy (non-hydrogen) atoms. The maximum absolute atomic E-state index is 14.2. The Morgan fingerprint density at radius 1 is 0.927 bits per heavy atom. The van der Waals surface area contributed by atoms with E-state index in [2.05, 4.69) is 10.6 Å². The van der Waals surface area contributed by atoms with Gasteiger partial charge in [-0.15, -0.1) is 0 Å². The first-order valence-electron chi connectivity index (χ1n) is 13.6. The summed E-state index contributed by atoms with van der Waals surface area (Å²) in [7, 11) is 0. The third kappa shape index (κ3) is 3.97. The molecule has 1 spiro atoms. The van der Waals surface area contributed by atoms with Gasteiger partial charge in [0.25, 0.3) is 0 Å². The van der Waals surface area contributed by atoms with Crippen LogP contribution in [0.4, 0.5) is 11.4 Å². The number of carbonyl (C=O) groups is 4. The van der Waals surface area contributed by atoms with E-state index in [0.717, 1.165) is 10.5 Å². The van der Waals surface area contributed by atoms with Gasteiger partial charge >= 0.3 is 5.97 Å². The highest BCUT2D eigenvalue weighted by molar-refractivity contribution is 6.25. The molecule has 3 heterocycles. The topological polar surface area (TPSA) is 145 Å². The second-order valence-corrected chi connectivity index (χ2v) is 10.6. The van der Waals surface area contributed by atoms with Gasteiger partial charge in [0.2, 0.25) is 17.7 Å². The fourth-order valence-electron chi connectivity index (χ4n) is 6.41. The summed E-state index contributed by atoms with van der Waals surface area (Å²) in [6.07, 6.45) is 0.926. The highest BCUT2D eigenvalue weighted by Gasteiger charge is 2.70. The molecule has 0 unspecified atom stereocenters. The number of nitrogens with zero attached hydrogens (tertiary/aromatic N) is 1. The summed E-state index contributed by atoms with van der Waals surface area (Å²) in [6, 6.07) is 15.4. The van der Waals surface area contributed by atoms with Gasteiger partial charge in [-0.3, -0.25) is 19.7 Å². The zero-order valence-corrected chi connectivity index (χ0v) is 22.5. The number of carbonyl (C=O) groups excluding carboxylic acids is 4. The number of benzene rings is 3. The van der Waals surface area contributed by atoms with Crippen molar-refractivity contribution in [2.75, 3.05) is 16.8 Å². The molecule has 3 aromatic carbocycles. The van der Waals surface area contributed by atoms with Crippen LogP contribution in [0.25, 0.3) is 0 Å². The molecule has 0 radical (unpaired) electrons. The van der Waals surface area contributed by atoms with Gasteiger partial charge in [0.05, 0.1) is 29.7 Å². The molecule has 0 saturated carbocycles. The first-order chi connectivity index (χ1) is 19.7. The lowest BCUT2D eigenvalue weighted by molar-refractivity contribution is -0.130. The van der Waals surface area contributed by atoms with E-state index >= 15 is 0 Å². The van der Waals surface area contributed by atoms with Crippen molar-refractivity contribution >= 4 is 35.1 Å². The summed E-state index contributed by atoms with van der Waals surface area (Å²) in [5.41, 5.74) is 1.89. The van der Waals surface area contributed by atoms with E-state index in [4.69, 9.17) is 4.74 Å². The van der Waals surface area contributed by atoms with Crippen molar-refractivity contribution in [1.82, 2.24) is 5.32 Å². The Bertz CT molecular complexity index is 1600. The van der Waals surface area contributed by atoms with E-state index in [9.17, 15) is 29.4 Å². The number of aromatic hydroxyl groups is 2. The predicted octanol–water partition coefficient (Wildman–Crippen LogP) is 3.00. The van der Waals surface area contributed by atoms with Crippen molar-refractivity contribution < 1.29 is 34.1 Å². The van der Waals surface area contributed by atoms with E-state index in [-0.39, 0.29) is 30.1 Å². The van der Waals surface area contributed by atoms with Crippen LogP contribution in [0.15, 0.2) is 60.7 Å². The van der Waals surface area contributed by atoms with E-state index in [1.54, 1.807) is 13.0 Å². The molecule has 2 fully saturated rings. The number of phenols is 2. The van der Waals surface area contributed by atoms with Crippen molar-refractivity contribution in [3.05, 3.63) is 82.9 Å². The van der Waals surface area contributed by atoms with Crippen molar-refractivity contribution in [2.45, 2.75) is 38.3 Å². The molecule has 3 aromatic rings. The summed E-state index contributed by atoms with van der Waals surface area (Å²) in [5, 5.41) is 26.2. The molecule has 3 aliphatic heterocycles. The predicted molar refractivity (Wildman–Crippen MR) is 148 cm³/mol. The fraction of sp³-hybridized carbons (Fsp3) is 0.290. The molecular formula is C31H29N3O7. The molecule has 6 rings (SSSR count). The summed E-state index contributed by atoms with van der Waals surface area (Å²) in [4.78, 5) is 55.3. The minimum absolute atomic E-state index is 0.210. The summed E-state index contributed by atoms with van der Waals surface area (Å²) >= 11 is 0. The van der Waals surface area contributed by atoms with Crippen LogP contribution in [0.2, 0.25) is 0 Å². The minimum atomic E-state index is -1.48. The number of nitrogens with one attached hydrogen (secondary N) is 2. The molecular weight excluding hydrogens is 526 g/mol. The van der Waals surface area contributed by atoms with E-state index < -0.39 is 47.1 Å². The van der Waals surface area contributed by atoms with Gasteiger partial charge in [-0.25, -0.2) is 9.69 Å². The average Bonchev–Trinajstić information content (AvgIpc) is 3.54. The van der Waals surface area contributed by atoms with E-state index in [1.165, 1.54) is 36.4 Å². The Kier molecular flexibility index (Phi) is 6.30. The normalized spacial score (nSPS) is 24.5. The van der Waals surface area contributed by atoms with Crippen LogP contribution in [0.5, 0.6) is 11.5 Å². The van der Waals surface area contributed by atoms with Crippen molar-refractivity contribution in [2.24, 2.45) is 11.8 Å². The van der Waals surface area contributed by atoms with Crippen LogP contribution in [0.1, 0.15) is 40.9 Å². The zero-order valence-electron chi connectivity index (χ0n) is 22.5. The second-order valence-electron chi connectivity index (χ2n) is 10.6. The Hall–Kier alpha value is -4.70. The molecule has 210 valence electrons. The molecule has 3 aliphatic rings. The van der Waals surface area contributed by atoms with Crippen LogP contribution in [-0.4, -0.2) is 46.6 Å². The fourth-order valence-corrected chi connectivity index (χ4v) is 6.41. The first kappa shape index (κ1) is 26.5. The molecule has 4 N–H and O–H groups in total. The van der Waals surface area contributed by atoms with Gasteiger partial charge in [0, 0.05) is 17.3 Å². The lowest BCUT2D eigenvalue weighted by Gasteiger charge is -2.30.